The zero-order valence-electron chi connectivity index (χ0n) is 33.2. The summed E-state index contributed by atoms with van der Waals surface area (Å²) in [6, 6.07) is 6.37. The van der Waals surface area contributed by atoms with E-state index >= 15 is 0 Å². The fourth-order valence-corrected chi connectivity index (χ4v) is 7.59. The summed E-state index contributed by atoms with van der Waals surface area (Å²) in [6.45, 7) is 5.15. The minimum atomic E-state index is -1.08. The predicted octanol–water partition coefficient (Wildman–Crippen LogP) is 5.45. The molecule has 4 aliphatic rings. The predicted molar refractivity (Wildman–Crippen MR) is 215 cm³/mol. The summed E-state index contributed by atoms with van der Waals surface area (Å²) < 4.78 is 16.3. The number of aromatic nitrogens is 6. The van der Waals surface area contributed by atoms with Crippen molar-refractivity contribution in [3.8, 4) is 0 Å². The van der Waals surface area contributed by atoms with Crippen molar-refractivity contribution in [3.63, 3.8) is 0 Å². The molecule has 4 amide bonds. The first kappa shape index (κ1) is 44.9. The number of pyridine rings is 2. The number of halogens is 2. The van der Waals surface area contributed by atoms with Crippen molar-refractivity contribution in [1.29, 1.82) is 0 Å². The van der Waals surface area contributed by atoms with Crippen LogP contribution in [0.25, 0.3) is 0 Å². The minimum Gasteiger partial charge on any atom is -0.468 e. The Morgan fingerprint density at radius 1 is 0.694 bits per heavy atom. The number of hydrogen-bond acceptors (Lipinski definition) is 16. The first-order chi connectivity index (χ1) is 30.1. The Hall–Kier alpha value is -6.63. The Kier molecular flexibility index (Phi) is 15.4. The number of piperidine rings is 2. The summed E-state index contributed by atoms with van der Waals surface area (Å²) in [6.07, 6.45) is 11.3. The summed E-state index contributed by atoms with van der Waals surface area (Å²) >= 11 is 11.8. The molecule has 20 nitrogen and oxygen atoms in total. The molecular weight excluding hydrogens is 851 g/mol. The van der Waals surface area contributed by atoms with Crippen molar-refractivity contribution in [2.75, 3.05) is 42.6 Å². The molecule has 0 aromatic carbocycles. The monoisotopic (exact) mass is 890 g/mol. The molecule has 4 aromatic heterocycles. The highest BCUT2D eigenvalue weighted by atomic mass is 35.5. The number of anilines is 2. The third kappa shape index (κ3) is 10.4. The van der Waals surface area contributed by atoms with Gasteiger partial charge in [0.25, 0.3) is 18.3 Å². The molecule has 0 spiro atoms. The molecule has 2 atom stereocenters. The van der Waals surface area contributed by atoms with E-state index in [1.165, 1.54) is 53.4 Å². The number of fused-ring (bicyclic) bond motifs is 2. The number of hydrogen-bond donors (Lipinski definition) is 0. The fraction of sp³-hybridized carbons (Fsp3) is 0.400. The Labute approximate surface area is 364 Å². The lowest BCUT2D eigenvalue weighted by atomic mass is 9.93. The average Bonchev–Trinajstić information content (AvgIpc) is 3.73. The maximum Gasteiger partial charge on any atom is 0.412 e. The second kappa shape index (κ2) is 21.2. The van der Waals surface area contributed by atoms with Crippen LogP contribution in [-0.4, -0.2) is 109 Å². The van der Waals surface area contributed by atoms with Crippen molar-refractivity contribution in [3.05, 3.63) is 94.3 Å². The second-order valence-corrected chi connectivity index (χ2v) is 15.1. The molecule has 0 bridgehead atoms. The zero-order chi connectivity index (χ0) is 44.2. The van der Waals surface area contributed by atoms with Gasteiger partial charge >= 0.3 is 18.3 Å². The number of nitrogens with zero attached hydrogens (tertiary/aromatic N) is 10. The van der Waals surface area contributed by atoms with E-state index in [4.69, 9.17) is 47.0 Å². The van der Waals surface area contributed by atoms with Crippen LogP contribution in [0, 0.1) is 11.8 Å². The lowest BCUT2D eigenvalue weighted by molar-refractivity contribution is -0.191. The summed E-state index contributed by atoms with van der Waals surface area (Å²) in [5.41, 5.74) is 0.825. The average molecular weight is 892 g/mol. The van der Waals surface area contributed by atoms with Crippen molar-refractivity contribution in [2.24, 2.45) is 11.8 Å². The van der Waals surface area contributed by atoms with Gasteiger partial charge < -0.3 is 24.0 Å². The van der Waals surface area contributed by atoms with E-state index in [9.17, 15) is 24.0 Å². The topological polar surface area (TPSA) is 237 Å². The first-order valence-electron chi connectivity index (χ1n) is 19.6. The highest BCUT2D eigenvalue weighted by Gasteiger charge is 2.46. The molecule has 2 unspecified atom stereocenters. The van der Waals surface area contributed by atoms with Crippen LogP contribution >= 0.6 is 23.2 Å². The fourth-order valence-electron chi connectivity index (χ4n) is 7.37. The Morgan fingerprint density at radius 2 is 1.11 bits per heavy atom. The normalized spacial score (nSPS) is 18.3. The van der Waals surface area contributed by atoms with Gasteiger partial charge in [-0.3, -0.25) is 24.4 Å². The van der Waals surface area contributed by atoms with Crippen LogP contribution in [0.1, 0.15) is 90.3 Å². The van der Waals surface area contributed by atoms with Crippen LogP contribution in [0.15, 0.2) is 61.4 Å². The summed E-state index contributed by atoms with van der Waals surface area (Å²) in [5, 5.41) is 0.854. The van der Waals surface area contributed by atoms with Crippen LogP contribution < -0.4 is 9.80 Å². The van der Waals surface area contributed by atoms with Gasteiger partial charge in [0.1, 0.15) is 23.0 Å². The lowest BCUT2D eigenvalue weighted by Gasteiger charge is -2.33. The highest BCUT2D eigenvalue weighted by molar-refractivity contribution is 6.30. The van der Waals surface area contributed by atoms with Crippen molar-refractivity contribution in [1.82, 2.24) is 39.7 Å². The number of amides is 4. The molecule has 0 radical (unpaired) electrons. The standard InChI is InChI=1S/C20H22ClN5O3.C19H18ClN5O5.CO2/c1-2-3-13-6-10-25(11-7-13)20(28)29-19-17-16(22-8-9-23-17)18(27)26(19)15-5-4-14(21)12-24-15;20-13-1-2-14(23-9-13)25-17(27)15-16(22-6-5-21-15)18(25)30-19(28)24-7-3-12(4-8-24)10-29-11-26;2-1-3/h4-5,8-9,12-13,19H,2-3,6-7,10-11H2,1H3;1-2,5-6,9,11-12,18H,3-4,7-8,10H2;. The van der Waals surface area contributed by atoms with Gasteiger partial charge in [0.05, 0.1) is 16.7 Å². The third-order valence-electron chi connectivity index (χ3n) is 10.4. The number of carbonyl (C=O) groups excluding carboxylic acids is 7. The SMILES string of the molecule is CCCC1CCN(C(=O)OC2c3nccnc3C(=O)N2c2ccc(Cl)cn2)CC1.O=C=O.O=COCC1CCN(C(=O)OC2c3nccnc3C(=O)N2c2ccc(Cl)cn2)CC1. The lowest BCUT2D eigenvalue weighted by Crippen LogP contribution is -2.42. The van der Waals surface area contributed by atoms with Crippen LogP contribution in [0.3, 0.4) is 0 Å². The van der Waals surface area contributed by atoms with E-state index < -0.39 is 36.5 Å². The molecule has 0 saturated carbocycles. The van der Waals surface area contributed by atoms with Crippen LogP contribution in [0.2, 0.25) is 10.0 Å². The molecular formula is C40H40Cl2N10O10. The van der Waals surface area contributed by atoms with Crippen molar-refractivity contribution in [2.45, 2.75) is 57.9 Å². The first-order valence-corrected chi connectivity index (χ1v) is 20.3. The number of likely N-dealkylation sites (tertiary alicyclic amines) is 2. The number of ether oxygens (including phenoxy) is 3. The van der Waals surface area contributed by atoms with Crippen molar-refractivity contribution < 1.29 is 47.8 Å². The smallest absolute Gasteiger partial charge is 0.412 e. The van der Waals surface area contributed by atoms with E-state index in [2.05, 4.69) is 36.8 Å². The molecule has 2 fully saturated rings. The zero-order valence-corrected chi connectivity index (χ0v) is 34.8. The molecule has 2 saturated heterocycles. The molecule has 8 heterocycles. The molecule has 22 heteroatoms. The van der Waals surface area contributed by atoms with Gasteiger partial charge in [-0.05, 0) is 61.8 Å². The van der Waals surface area contributed by atoms with E-state index in [1.54, 1.807) is 34.1 Å². The summed E-state index contributed by atoms with van der Waals surface area (Å²) in [7, 11) is 0. The van der Waals surface area contributed by atoms with Gasteiger partial charge in [-0.2, -0.15) is 9.59 Å². The highest BCUT2D eigenvalue weighted by Crippen LogP contribution is 2.38. The molecule has 4 aliphatic heterocycles. The van der Waals surface area contributed by atoms with Gasteiger partial charge in [-0.15, -0.1) is 0 Å². The Balaban J connectivity index is 0.000000195. The number of carbonyl (C=O) groups is 5. The van der Waals surface area contributed by atoms with Gasteiger partial charge in [-0.1, -0.05) is 43.0 Å². The van der Waals surface area contributed by atoms with E-state index in [-0.39, 0.29) is 35.0 Å². The van der Waals surface area contributed by atoms with Crippen molar-refractivity contribution >= 4 is 71.5 Å². The minimum absolute atomic E-state index is 0.108. The Bertz CT molecular complexity index is 2250. The molecule has 4 aromatic rings. The third-order valence-corrected chi connectivity index (χ3v) is 10.9. The Morgan fingerprint density at radius 3 is 1.50 bits per heavy atom. The molecule has 62 heavy (non-hydrogen) atoms. The quantitative estimate of drug-likeness (QED) is 0.150. The molecule has 0 aliphatic carbocycles. The maximum atomic E-state index is 12.9. The molecule has 8 rings (SSSR count). The van der Waals surface area contributed by atoms with Gasteiger partial charge in [0.2, 0.25) is 12.5 Å². The van der Waals surface area contributed by atoms with Crippen LogP contribution in [0.5, 0.6) is 0 Å². The molecule has 324 valence electrons. The van der Waals surface area contributed by atoms with E-state index in [0.29, 0.717) is 79.6 Å². The molecule has 0 N–H and O–H groups in total. The van der Waals surface area contributed by atoms with E-state index in [1.807, 2.05) is 0 Å². The maximum absolute atomic E-state index is 12.9. The van der Waals surface area contributed by atoms with E-state index in [0.717, 1.165) is 19.3 Å². The largest absolute Gasteiger partial charge is 0.468 e. The van der Waals surface area contributed by atoms with Gasteiger partial charge in [0.15, 0.2) is 11.4 Å². The van der Waals surface area contributed by atoms with Gasteiger partial charge in [-0.25, -0.2) is 39.3 Å². The summed E-state index contributed by atoms with van der Waals surface area (Å²) in [5.74, 6) is 0.565. The van der Waals surface area contributed by atoms with Crippen LogP contribution in [-0.2, 0) is 28.6 Å². The number of rotatable bonds is 9. The van der Waals surface area contributed by atoms with Gasteiger partial charge in [0, 0.05) is 63.4 Å². The van der Waals surface area contributed by atoms with Crippen LogP contribution in [0.4, 0.5) is 21.2 Å². The second-order valence-electron chi connectivity index (χ2n) is 14.2. The summed E-state index contributed by atoms with van der Waals surface area (Å²) in [4.78, 5) is 109.